The van der Waals surface area contributed by atoms with Crippen LogP contribution in [-0.2, 0) is 0 Å². The number of nitrogens with zero attached hydrogens (tertiary/aromatic N) is 2. The monoisotopic (exact) mass is 235 g/mol. The summed E-state index contributed by atoms with van der Waals surface area (Å²) in [5.41, 5.74) is 6.03. The Morgan fingerprint density at radius 3 is 2.71 bits per heavy atom. The van der Waals surface area contributed by atoms with Crippen LogP contribution in [0.3, 0.4) is 0 Å². The number of hydrogen-bond donors (Lipinski definition) is 1. The van der Waals surface area contributed by atoms with Gasteiger partial charge in [-0.3, -0.25) is 0 Å². The summed E-state index contributed by atoms with van der Waals surface area (Å²) in [6.07, 6.45) is 5.36. The van der Waals surface area contributed by atoms with Gasteiger partial charge in [-0.2, -0.15) is 4.98 Å². The molecule has 2 fully saturated rings. The summed E-state index contributed by atoms with van der Waals surface area (Å²) < 4.78 is 5.32. The molecule has 17 heavy (non-hydrogen) atoms. The highest BCUT2D eigenvalue weighted by atomic mass is 16.5. The zero-order valence-electron chi connectivity index (χ0n) is 10.6. The Morgan fingerprint density at radius 1 is 1.29 bits per heavy atom. The molecule has 4 atom stereocenters. The quantitative estimate of drug-likeness (QED) is 0.874. The molecule has 0 saturated heterocycles. The van der Waals surface area contributed by atoms with Gasteiger partial charge in [0, 0.05) is 5.92 Å². The lowest BCUT2D eigenvalue weighted by Gasteiger charge is -2.17. The molecule has 2 aliphatic carbocycles. The Morgan fingerprint density at radius 2 is 2.12 bits per heavy atom. The van der Waals surface area contributed by atoms with E-state index in [0.29, 0.717) is 17.7 Å². The van der Waals surface area contributed by atoms with Crippen molar-refractivity contribution in [2.75, 3.05) is 0 Å². The Bertz CT molecular complexity index is 401. The average Bonchev–Trinajstić information content (AvgIpc) is 3.02. The van der Waals surface area contributed by atoms with Gasteiger partial charge in [0.25, 0.3) is 0 Å². The highest BCUT2D eigenvalue weighted by Gasteiger charge is 2.42. The zero-order valence-corrected chi connectivity index (χ0v) is 10.6. The van der Waals surface area contributed by atoms with Crippen molar-refractivity contribution in [3.05, 3.63) is 11.7 Å². The highest BCUT2D eigenvalue weighted by molar-refractivity contribution is 5.07. The number of hydrogen-bond acceptors (Lipinski definition) is 4. The molecule has 0 aliphatic heterocycles. The van der Waals surface area contributed by atoms with E-state index in [4.69, 9.17) is 10.3 Å². The normalized spacial score (nSPS) is 33.5. The van der Waals surface area contributed by atoms with Crippen LogP contribution in [0.1, 0.15) is 63.2 Å². The first kappa shape index (κ1) is 11.2. The van der Waals surface area contributed by atoms with Crippen LogP contribution < -0.4 is 5.73 Å². The lowest BCUT2D eigenvalue weighted by atomic mass is 9.88. The SMILES string of the molecule is CC(C)[C@@H](N)c1nc(C2CC3CCC2C3)no1. The van der Waals surface area contributed by atoms with Crippen LogP contribution in [0.5, 0.6) is 0 Å². The average molecular weight is 235 g/mol. The third kappa shape index (κ3) is 1.88. The van der Waals surface area contributed by atoms with E-state index < -0.39 is 0 Å². The van der Waals surface area contributed by atoms with Crippen molar-refractivity contribution < 1.29 is 4.52 Å². The molecule has 3 unspecified atom stereocenters. The Hall–Kier alpha value is -0.900. The minimum atomic E-state index is -0.130. The zero-order chi connectivity index (χ0) is 12.0. The van der Waals surface area contributed by atoms with E-state index in [0.717, 1.165) is 17.7 Å². The fourth-order valence-electron chi connectivity index (χ4n) is 3.38. The maximum absolute atomic E-state index is 6.03. The molecule has 1 aromatic heterocycles. The Kier molecular flexibility index (Phi) is 2.69. The van der Waals surface area contributed by atoms with E-state index in [1.807, 2.05) is 0 Å². The lowest BCUT2D eigenvalue weighted by Crippen LogP contribution is -2.17. The molecular weight excluding hydrogens is 214 g/mol. The second-order valence-corrected chi connectivity index (χ2v) is 6.04. The molecular formula is C13H21N3O. The van der Waals surface area contributed by atoms with Crippen molar-refractivity contribution >= 4 is 0 Å². The van der Waals surface area contributed by atoms with Gasteiger partial charge in [-0.25, -0.2) is 0 Å². The summed E-state index contributed by atoms with van der Waals surface area (Å²) in [6.45, 7) is 4.15. The fraction of sp³-hybridized carbons (Fsp3) is 0.846. The maximum Gasteiger partial charge on any atom is 0.243 e. The van der Waals surface area contributed by atoms with Gasteiger partial charge in [0.2, 0.25) is 5.89 Å². The summed E-state index contributed by atoms with van der Waals surface area (Å²) in [7, 11) is 0. The van der Waals surface area contributed by atoms with Crippen LogP contribution in [0.4, 0.5) is 0 Å². The van der Waals surface area contributed by atoms with Crippen LogP contribution in [0.15, 0.2) is 4.52 Å². The molecule has 0 aromatic carbocycles. The standard InChI is InChI=1S/C13H21N3O/c1-7(2)11(14)13-15-12(16-17-13)10-6-8-3-4-9(10)5-8/h7-11H,3-6,14H2,1-2H3/t8?,9?,10?,11-/m1/s1. The third-order valence-electron chi connectivity index (χ3n) is 4.53. The summed E-state index contributed by atoms with van der Waals surface area (Å²) in [4.78, 5) is 4.53. The first-order valence-corrected chi connectivity index (χ1v) is 6.74. The van der Waals surface area contributed by atoms with E-state index in [2.05, 4.69) is 24.0 Å². The van der Waals surface area contributed by atoms with Crippen LogP contribution in [0.2, 0.25) is 0 Å². The molecule has 4 heteroatoms. The fourth-order valence-corrected chi connectivity index (χ4v) is 3.38. The topological polar surface area (TPSA) is 64.9 Å². The highest BCUT2D eigenvalue weighted by Crippen LogP contribution is 2.52. The van der Waals surface area contributed by atoms with Crippen LogP contribution in [0.25, 0.3) is 0 Å². The number of aromatic nitrogens is 2. The van der Waals surface area contributed by atoms with Gasteiger partial charge >= 0.3 is 0 Å². The molecule has 0 amide bonds. The van der Waals surface area contributed by atoms with E-state index >= 15 is 0 Å². The molecule has 1 aromatic rings. The molecule has 1 heterocycles. The molecule has 3 rings (SSSR count). The van der Waals surface area contributed by atoms with Gasteiger partial charge in [-0.05, 0) is 37.0 Å². The Balaban J connectivity index is 1.77. The van der Waals surface area contributed by atoms with E-state index in [1.54, 1.807) is 0 Å². The second-order valence-electron chi connectivity index (χ2n) is 6.04. The molecule has 2 aliphatic rings. The summed E-state index contributed by atoms with van der Waals surface area (Å²) in [5, 5.41) is 4.15. The number of fused-ring (bicyclic) bond motifs is 2. The van der Waals surface area contributed by atoms with Crippen molar-refractivity contribution in [1.82, 2.24) is 10.1 Å². The van der Waals surface area contributed by atoms with E-state index in [1.165, 1.54) is 25.7 Å². The van der Waals surface area contributed by atoms with Crippen LogP contribution in [0, 0.1) is 17.8 Å². The van der Waals surface area contributed by atoms with Gasteiger partial charge < -0.3 is 10.3 Å². The summed E-state index contributed by atoms with van der Waals surface area (Å²) in [6, 6.07) is -0.130. The molecule has 4 nitrogen and oxygen atoms in total. The van der Waals surface area contributed by atoms with Gasteiger partial charge in [0.05, 0.1) is 6.04 Å². The van der Waals surface area contributed by atoms with Gasteiger partial charge in [0.1, 0.15) is 0 Å². The Labute approximate surface area is 102 Å². The third-order valence-corrected chi connectivity index (χ3v) is 4.53. The van der Waals surface area contributed by atoms with Gasteiger partial charge in [-0.15, -0.1) is 0 Å². The largest absolute Gasteiger partial charge is 0.338 e. The molecule has 2 bridgehead atoms. The van der Waals surface area contributed by atoms with Gasteiger partial charge in [-0.1, -0.05) is 25.4 Å². The second kappa shape index (κ2) is 4.09. The molecule has 2 N–H and O–H groups in total. The van der Waals surface area contributed by atoms with Crippen LogP contribution >= 0.6 is 0 Å². The van der Waals surface area contributed by atoms with Crippen molar-refractivity contribution in [3.63, 3.8) is 0 Å². The maximum atomic E-state index is 6.03. The molecule has 0 spiro atoms. The first-order valence-electron chi connectivity index (χ1n) is 6.74. The predicted octanol–water partition coefficient (Wildman–Crippen LogP) is 2.63. The summed E-state index contributed by atoms with van der Waals surface area (Å²) >= 11 is 0. The molecule has 0 radical (unpaired) electrons. The minimum absolute atomic E-state index is 0.130. The molecule has 2 saturated carbocycles. The predicted molar refractivity (Wildman–Crippen MR) is 64.3 cm³/mol. The first-order chi connectivity index (χ1) is 8.15. The summed E-state index contributed by atoms with van der Waals surface area (Å²) in [5.74, 6) is 4.08. The minimum Gasteiger partial charge on any atom is -0.338 e. The van der Waals surface area contributed by atoms with Gasteiger partial charge in [0.15, 0.2) is 5.82 Å². The number of rotatable bonds is 3. The van der Waals surface area contributed by atoms with Crippen molar-refractivity contribution in [2.45, 2.75) is 51.5 Å². The van der Waals surface area contributed by atoms with Crippen molar-refractivity contribution in [2.24, 2.45) is 23.5 Å². The molecule has 94 valence electrons. The van der Waals surface area contributed by atoms with Crippen molar-refractivity contribution in [3.8, 4) is 0 Å². The van der Waals surface area contributed by atoms with Crippen LogP contribution in [-0.4, -0.2) is 10.1 Å². The lowest BCUT2D eigenvalue weighted by molar-refractivity contribution is 0.316. The smallest absolute Gasteiger partial charge is 0.243 e. The number of nitrogens with two attached hydrogens (primary N) is 1. The van der Waals surface area contributed by atoms with E-state index in [9.17, 15) is 0 Å². The van der Waals surface area contributed by atoms with Crippen molar-refractivity contribution in [1.29, 1.82) is 0 Å². The van der Waals surface area contributed by atoms with E-state index in [-0.39, 0.29) is 6.04 Å².